The minimum atomic E-state index is 0.0426. The van der Waals surface area contributed by atoms with Gasteiger partial charge in [-0.05, 0) is 30.2 Å². The molecular formula is C15H18N2O. The van der Waals surface area contributed by atoms with Gasteiger partial charge in [0.1, 0.15) is 11.9 Å². The third-order valence-electron chi connectivity index (χ3n) is 2.68. The largest absolute Gasteiger partial charge is 0.489 e. The number of hydrazine groups is 1. The molecule has 1 unspecified atom stereocenters. The van der Waals surface area contributed by atoms with E-state index in [4.69, 9.17) is 10.6 Å². The Balaban J connectivity index is 2.15. The molecule has 0 fully saturated rings. The highest BCUT2D eigenvalue weighted by atomic mass is 16.5. The summed E-state index contributed by atoms with van der Waals surface area (Å²) in [5, 5.41) is 0. The number of nitrogens with one attached hydrogen (secondary N) is 1. The molecule has 94 valence electrons. The van der Waals surface area contributed by atoms with E-state index >= 15 is 0 Å². The second-order valence-electron chi connectivity index (χ2n) is 4.23. The van der Waals surface area contributed by atoms with Gasteiger partial charge in [-0.15, -0.1) is 0 Å². The van der Waals surface area contributed by atoms with Crippen LogP contribution in [0.1, 0.15) is 6.92 Å². The predicted octanol–water partition coefficient (Wildman–Crippen LogP) is 2.58. The standard InChI is InChI=1S/C15H18N2O/c1-12(11-17-16)18-15-9-5-8-14(10-15)13-6-3-2-4-7-13/h2-10,12,17H,11,16H2,1H3. The van der Waals surface area contributed by atoms with Crippen molar-refractivity contribution in [3.05, 3.63) is 54.6 Å². The Kier molecular flexibility index (Phi) is 4.34. The SMILES string of the molecule is CC(CNN)Oc1cccc(-c2ccccc2)c1. The highest BCUT2D eigenvalue weighted by Gasteiger charge is 2.04. The predicted molar refractivity (Wildman–Crippen MR) is 74.2 cm³/mol. The third kappa shape index (κ3) is 3.32. The van der Waals surface area contributed by atoms with Crippen molar-refractivity contribution in [2.24, 2.45) is 5.84 Å². The molecule has 3 nitrogen and oxygen atoms in total. The molecule has 0 aliphatic carbocycles. The average Bonchev–Trinajstić information content (AvgIpc) is 2.40. The van der Waals surface area contributed by atoms with Crippen LogP contribution in [-0.2, 0) is 0 Å². The van der Waals surface area contributed by atoms with E-state index < -0.39 is 0 Å². The van der Waals surface area contributed by atoms with E-state index in [1.807, 2.05) is 43.3 Å². The molecule has 0 bridgehead atoms. The quantitative estimate of drug-likeness (QED) is 0.626. The van der Waals surface area contributed by atoms with Crippen molar-refractivity contribution in [1.82, 2.24) is 5.43 Å². The van der Waals surface area contributed by atoms with Crippen LogP contribution < -0.4 is 16.0 Å². The fourth-order valence-electron chi connectivity index (χ4n) is 1.82. The van der Waals surface area contributed by atoms with E-state index in [0.29, 0.717) is 6.54 Å². The smallest absolute Gasteiger partial charge is 0.120 e. The summed E-state index contributed by atoms with van der Waals surface area (Å²) < 4.78 is 5.77. The number of nitrogens with two attached hydrogens (primary N) is 1. The molecule has 2 rings (SSSR count). The zero-order valence-electron chi connectivity index (χ0n) is 10.5. The maximum Gasteiger partial charge on any atom is 0.120 e. The first kappa shape index (κ1) is 12.6. The van der Waals surface area contributed by atoms with Gasteiger partial charge in [0.15, 0.2) is 0 Å². The minimum absolute atomic E-state index is 0.0426. The van der Waals surface area contributed by atoms with Gasteiger partial charge in [0.25, 0.3) is 0 Å². The maximum absolute atomic E-state index is 5.77. The first-order chi connectivity index (χ1) is 8.79. The van der Waals surface area contributed by atoms with Crippen LogP contribution in [0.15, 0.2) is 54.6 Å². The van der Waals surface area contributed by atoms with Gasteiger partial charge in [0.05, 0.1) is 0 Å². The Bertz CT molecular complexity index is 485. The number of ether oxygens (including phenoxy) is 1. The van der Waals surface area contributed by atoms with E-state index in [2.05, 4.69) is 23.6 Å². The van der Waals surface area contributed by atoms with Crippen LogP contribution in [0.5, 0.6) is 5.75 Å². The van der Waals surface area contributed by atoms with E-state index in [1.54, 1.807) is 0 Å². The molecule has 0 aliphatic rings. The van der Waals surface area contributed by atoms with E-state index in [0.717, 1.165) is 11.3 Å². The van der Waals surface area contributed by atoms with Crippen LogP contribution in [-0.4, -0.2) is 12.6 Å². The van der Waals surface area contributed by atoms with Gasteiger partial charge in [-0.1, -0.05) is 42.5 Å². The number of hydrogen-bond donors (Lipinski definition) is 2. The molecule has 3 N–H and O–H groups in total. The van der Waals surface area contributed by atoms with Crippen LogP contribution in [0.4, 0.5) is 0 Å². The van der Waals surface area contributed by atoms with Gasteiger partial charge in [-0.2, -0.15) is 0 Å². The highest BCUT2D eigenvalue weighted by molar-refractivity contribution is 5.64. The van der Waals surface area contributed by atoms with Crippen LogP contribution in [0.3, 0.4) is 0 Å². The first-order valence-corrected chi connectivity index (χ1v) is 6.05. The summed E-state index contributed by atoms with van der Waals surface area (Å²) in [6, 6.07) is 18.3. The van der Waals surface area contributed by atoms with E-state index in [-0.39, 0.29) is 6.10 Å². The molecule has 0 heterocycles. The van der Waals surface area contributed by atoms with Gasteiger partial charge >= 0.3 is 0 Å². The molecule has 0 aromatic heterocycles. The summed E-state index contributed by atoms with van der Waals surface area (Å²) in [5.74, 6) is 6.13. The lowest BCUT2D eigenvalue weighted by atomic mass is 10.1. The molecule has 0 aliphatic heterocycles. The van der Waals surface area contributed by atoms with Gasteiger partial charge in [-0.3, -0.25) is 11.3 Å². The fraction of sp³-hybridized carbons (Fsp3) is 0.200. The topological polar surface area (TPSA) is 47.3 Å². The van der Waals surface area contributed by atoms with Gasteiger partial charge in [0, 0.05) is 6.54 Å². The summed E-state index contributed by atoms with van der Waals surface area (Å²) in [5.41, 5.74) is 4.95. The number of benzene rings is 2. The fourth-order valence-corrected chi connectivity index (χ4v) is 1.82. The number of rotatable bonds is 5. The van der Waals surface area contributed by atoms with Crippen molar-refractivity contribution in [3.63, 3.8) is 0 Å². The average molecular weight is 242 g/mol. The summed E-state index contributed by atoms with van der Waals surface area (Å²) in [6.07, 6.45) is 0.0426. The zero-order chi connectivity index (χ0) is 12.8. The molecule has 0 saturated carbocycles. The van der Waals surface area contributed by atoms with Crippen molar-refractivity contribution in [2.45, 2.75) is 13.0 Å². The molecule has 3 heteroatoms. The van der Waals surface area contributed by atoms with E-state index in [1.165, 1.54) is 5.56 Å². The lowest BCUT2D eigenvalue weighted by Gasteiger charge is -2.14. The van der Waals surface area contributed by atoms with Crippen LogP contribution in [0, 0.1) is 0 Å². The molecular weight excluding hydrogens is 224 g/mol. The van der Waals surface area contributed by atoms with Gasteiger partial charge in [-0.25, -0.2) is 0 Å². The molecule has 0 saturated heterocycles. The van der Waals surface area contributed by atoms with Crippen molar-refractivity contribution in [1.29, 1.82) is 0 Å². The minimum Gasteiger partial charge on any atom is -0.489 e. The Labute approximate surface area is 108 Å². The van der Waals surface area contributed by atoms with Gasteiger partial charge in [0.2, 0.25) is 0 Å². The zero-order valence-corrected chi connectivity index (χ0v) is 10.5. The molecule has 2 aromatic carbocycles. The second-order valence-corrected chi connectivity index (χ2v) is 4.23. The van der Waals surface area contributed by atoms with Crippen molar-refractivity contribution in [3.8, 4) is 16.9 Å². The second kappa shape index (κ2) is 6.19. The molecule has 2 aromatic rings. The monoisotopic (exact) mass is 242 g/mol. The summed E-state index contributed by atoms with van der Waals surface area (Å²) in [6.45, 7) is 2.60. The van der Waals surface area contributed by atoms with Crippen molar-refractivity contribution >= 4 is 0 Å². The van der Waals surface area contributed by atoms with Crippen LogP contribution in [0.25, 0.3) is 11.1 Å². The normalized spacial score (nSPS) is 12.1. The Hall–Kier alpha value is -1.84. The molecule has 18 heavy (non-hydrogen) atoms. The van der Waals surface area contributed by atoms with E-state index in [9.17, 15) is 0 Å². The summed E-state index contributed by atoms with van der Waals surface area (Å²) >= 11 is 0. The lowest BCUT2D eigenvalue weighted by Crippen LogP contribution is -2.33. The first-order valence-electron chi connectivity index (χ1n) is 6.05. The third-order valence-corrected chi connectivity index (χ3v) is 2.68. The molecule has 1 atom stereocenters. The summed E-state index contributed by atoms with van der Waals surface area (Å²) in [4.78, 5) is 0. The highest BCUT2D eigenvalue weighted by Crippen LogP contribution is 2.24. The molecule has 0 amide bonds. The Morgan fingerprint density at radius 3 is 2.50 bits per heavy atom. The molecule has 0 spiro atoms. The Morgan fingerprint density at radius 2 is 1.78 bits per heavy atom. The van der Waals surface area contributed by atoms with Gasteiger partial charge < -0.3 is 4.74 Å². The Morgan fingerprint density at radius 1 is 1.06 bits per heavy atom. The maximum atomic E-state index is 5.77. The lowest BCUT2D eigenvalue weighted by molar-refractivity contribution is 0.218. The van der Waals surface area contributed by atoms with Crippen LogP contribution in [0.2, 0.25) is 0 Å². The van der Waals surface area contributed by atoms with Crippen LogP contribution >= 0.6 is 0 Å². The van der Waals surface area contributed by atoms with Crippen molar-refractivity contribution < 1.29 is 4.74 Å². The van der Waals surface area contributed by atoms with Crippen molar-refractivity contribution in [2.75, 3.05) is 6.54 Å². The number of hydrogen-bond acceptors (Lipinski definition) is 3. The molecule has 0 radical (unpaired) electrons. The summed E-state index contributed by atoms with van der Waals surface area (Å²) in [7, 11) is 0.